The Morgan fingerprint density at radius 3 is 2.68 bits per heavy atom. The SMILES string of the molecule is Cc1ccc(Cl)cc1NC(=O)c1cncc(N2CCN(C=O)CC2)c1. The summed E-state index contributed by atoms with van der Waals surface area (Å²) in [5, 5.41) is 3.45. The van der Waals surface area contributed by atoms with Crippen LogP contribution in [-0.2, 0) is 4.79 Å². The van der Waals surface area contributed by atoms with Crippen molar-refractivity contribution in [2.45, 2.75) is 6.92 Å². The molecule has 2 heterocycles. The highest BCUT2D eigenvalue weighted by Crippen LogP contribution is 2.22. The lowest BCUT2D eigenvalue weighted by Crippen LogP contribution is -2.45. The van der Waals surface area contributed by atoms with E-state index in [0.29, 0.717) is 29.4 Å². The molecule has 0 aliphatic carbocycles. The van der Waals surface area contributed by atoms with Crippen LogP contribution in [0.2, 0.25) is 5.02 Å². The average molecular weight is 359 g/mol. The lowest BCUT2D eigenvalue weighted by atomic mass is 10.1. The maximum Gasteiger partial charge on any atom is 0.257 e. The van der Waals surface area contributed by atoms with Crippen LogP contribution in [0.4, 0.5) is 11.4 Å². The Kier molecular flexibility index (Phi) is 5.19. The number of pyridine rings is 1. The first-order valence-corrected chi connectivity index (χ1v) is 8.41. The van der Waals surface area contributed by atoms with Crippen molar-refractivity contribution in [1.82, 2.24) is 9.88 Å². The molecule has 130 valence electrons. The molecule has 1 fully saturated rings. The quantitative estimate of drug-likeness (QED) is 0.853. The van der Waals surface area contributed by atoms with E-state index in [1.165, 1.54) is 0 Å². The van der Waals surface area contributed by atoms with Gasteiger partial charge in [-0.25, -0.2) is 0 Å². The fourth-order valence-corrected chi connectivity index (χ4v) is 2.91. The number of amides is 2. The summed E-state index contributed by atoms with van der Waals surface area (Å²) in [4.78, 5) is 31.4. The molecule has 2 amide bonds. The third-order valence-corrected chi connectivity index (χ3v) is 4.50. The van der Waals surface area contributed by atoms with Crippen molar-refractivity contribution in [3.05, 3.63) is 52.8 Å². The Hall–Kier alpha value is -2.60. The molecule has 25 heavy (non-hydrogen) atoms. The highest BCUT2D eigenvalue weighted by Gasteiger charge is 2.17. The van der Waals surface area contributed by atoms with E-state index in [1.54, 1.807) is 29.4 Å². The lowest BCUT2D eigenvalue weighted by molar-refractivity contribution is -0.118. The molecule has 1 aliphatic rings. The van der Waals surface area contributed by atoms with E-state index in [-0.39, 0.29) is 5.91 Å². The highest BCUT2D eigenvalue weighted by atomic mass is 35.5. The molecular formula is C18H19ClN4O2. The topological polar surface area (TPSA) is 65.5 Å². The van der Waals surface area contributed by atoms with Gasteiger partial charge in [0.05, 0.1) is 17.4 Å². The largest absolute Gasteiger partial charge is 0.367 e. The highest BCUT2D eigenvalue weighted by molar-refractivity contribution is 6.31. The molecule has 1 N–H and O–H groups in total. The number of benzene rings is 1. The minimum Gasteiger partial charge on any atom is -0.367 e. The molecule has 0 spiro atoms. The maximum atomic E-state index is 12.5. The summed E-state index contributed by atoms with van der Waals surface area (Å²) < 4.78 is 0. The Morgan fingerprint density at radius 2 is 1.96 bits per heavy atom. The van der Waals surface area contributed by atoms with Crippen LogP contribution in [0.1, 0.15) is 15.9 Å². The molecule has 0 atom stereocenters. The zero-order valence-electron chi connectivity index (χ0n) is 13.9. The first kappa shape index (κ1) is 17.2. The molecule has 6 nitrogen and oxygen atoms in total. The van der Waals surface area contributed by atoms with Crippen molar-refractivity contribution < 1.29 is 9.59 Å². The first-order chi connectivity index (χ1) is 12.1. The van der Waals surface area contributed by atoms with Crippen LogP contribution in [-0.4, -0.2) is 48.4 Å². The second kappa shape index (κ2) is 7.53. The van der Waals surface area contributed by atoms with Gasteiger partial charge in [0.1, 0.15) is 0 Å². The van der Waals surface area contributed by atoms with Crippen LogP contribution in [0.5, 0.6) is 0 Å². The number of rotatable bonds is 4. The molecule has 1 saturated heterocycles. The van der Waals surface area contributed by atoms with Crippen molar-refractivity contribution >= 4 is 35.3 Å². The molecule has 1 aliphatic heterocycles. The van der Waals surface area contributed by atoms with Crippen molar-refractivity contribution in [3.63, 3.8) is 0 Å². The summed E-state index contributed by atoms with van der Waals surface area (Å²) in [6, 6.07) is 7.19. The van der Waals surface area contributed by atoms with Crippen LogP contribution in [0.25, 0.3) is 0 Å². The number of carbonyl (C=O) groups is 2. The number of nitrogens with zero attached hydrogens (tertiary/aromatic N) is 3. The number of anilines is 2. The number of carbonyl (C=O) groups excluding carboxylic acids is 2. The summed E-state index contributed by atoms with van der Waals surface area (Å²) in [7, 11) is 0. The molecule has 3 rings (SSSR count). The van der Waals surface area contributed by atoms with E-state index in [2.05, 4.69) is 15.2 Å². The molecular weight excluding hydrogens is 340 g/mol. The standard InChI is InChI=1S/C18H19ClN4O2/c1-13-2-3-15(19)9-17(13)21-18(25)14-8-16(11-20-10-14)23-6-4-22(12-24)5-7-23/h2-3,8-12H,4-7H2,1H3,(H,21,25). The van der Waals surface area contributed by atoms with Crippen LogP contribution in [0.3, 0.4) is 0 Å². The van der Waals surface area contributed by atoms with Gasteiger partial charge in [0.2, 0.25) is 6.41 Å². The smallest absolute Gasteiger partial charge is 0.257 e. The second-order valence-electron chi connectivity index (χ2n) is 5.97. The number of aromatic nitrogens is 1. The summed E-state index contributed by atoms with van der Waals surface area (Å²) >= 11 is 6.00. The zero-order chi connectivity index (χ0) is 17.8. The summed E-state index contributed by atoms with van der Waals surface area (Å²) in [5.41, 5.74) is 2.98. The number of halogens is 1. The summed E-state index contributed by atoms with van der Waals surface area (Å²) in [6.45, 7) is 4.69. The number of piperazine rings is 1. The maximum absolute atomic E-state index is 12.5. The number of hydrogen-bond acceptors (Lipinski definition) is 4. The van der Waals surface area contributed by atoms with Gasteiger partial charge in [-0.3, -0.25) is 14.6 Å². The van der Waals surface area contributed by atoms with E-state index >= 15 is 0 Å². The third-order valence-electron chi connectivity index (χ3n) is 4.26. The average Bonchev–Trinajstić information content (AvgIpc) is 2.65. The number of hydrogen-bond donors (Lipinski definition) is 1. The Balaban J connectivity index is 1.73. The molecule has 7 heteroatoms. The molecule has 0 saturated carbocycles. The second-order valence-corrected chi connectivity index (χ2v) is 6.41. The van der Waals surface area contributed by atoms with Gasteiger partial charge < -0.3 is 15.1 Å². The minimum atomic E-state index is -0.230. The van der Waals surface area contributed by atoms with E-state index in [0.717, 1.165) is 30.8 Å². The number of aryl methyl sites for hydroxylation is 1. The molecule has 0 bridgehead atoms. The monoisotopic (exact) mass is 358 g/mol. The normalized spacial score (nSPS) is 14.3. The third kappa shape index (κ3) is 4.09. The summed E-state index contributed by atoms with van der Waals surface area (Å²) in [6.07, 6.45) is 4.14. The van der Waals surface area contributed by atoms with Gasteiger partial charge >= 0.3 is 0 Å². The molecule has 1 aromatic carbocycles. The van der Waals surface area contributed by atoms with Gasteiger partial charge in [-0.05, 0) is 30.7 Å². The van der Waals surface area contributed by atoms with Gasteiger partial charge in [-0.2, -0.15) is 0 Å². The van der Waals surface area contributed by atoms with Crippen molar-refractivity contribution in [2.75, 3.05) is 36.4 Å². The van der Waals surface area contributed by atoms with Gasteiger partial charge in [0, 0.05) is 43.1 Å². The fourth-order valence-electron chi connectivity index (χ4n) is 2.73. The number of nitrogens with one attached hydrogen (secondary N) is 1. The molecule has 2 aromatic rings. The van der Waals surface area contributed by atoms with E-state index < -0.39 is 0 Å². The van der Waals surface area contributed by atoms with Crippen LogP contribution in [0, 0.1) is 6.92 Å². The molecule has 0 radical (unpaired) electrons. The lowest BCUT2D eigenvalue weighted by Gasteiger charge is -2.34. The van der Waals surface area contributed by atoms with E-state index in [4.69, 9.17) is 11.6 Å². The van der Waals surface area contributed by atoms with Crippen molar-refractivity contribution in [2.24, 2.45) is 0 Å². The van der Waals surface area contributed by atoms with Gasteiger partial charge in [-0.15, -0.1) is 0 Å². The predicted octanol–water partition coefficient (Wildman–Crippen LogP) is 2.57. The van der Waals surface area contributed by atoms with Gasteiger partial charge in [0.15, 0.2) is 0 Å². The van der Waals surface area contributed by atoms with Gasteiger partial charge in [-0.1, -0.05) is 17.7 Å². The molecule has 1 aromatic heterocycles. The van der Waals surface area contributed by atoms with Gasteiger partial charge in [0.25, 0.3) is 5.91 Å². The van der Waals surface area contributed by atoms with E-state index in [9.17, 15) is 9.59 Å². The van der Waals surface area contributed by atoms with Crippen LogP contribution < -0.4 is 10.2 Å². The Bertz CT molecular complexity index is 788. The van der Waals surface area contributed by atoms with Crippen molar-refractivity contribution in [3.8, 4) is 0 Å². The predicted molar refractivity (Wildman–Crippen MR) is 98.2 cm³/mol. The van der Waals surface area contributed by atoms with Crippen molar-refractivity contribution in [1.29, 1.82) is 0 Å². The van der Waals surface area contributed by atoms with E-state index in [1.807, 2.05) is 19.1 Å². The molecule has 0 unspecified atom stereocenters. The first-order valence-electron chi connectivity index (χ1n) is 8.03. The Morgan fingerprint density at radius 1 is 1.20 bits per heavy atom. The van der Waals surface area contributed by atoms with Crippen LogP contribution in [0.15, 0.2) is 36.7 Å². The zero-order valence-corrected chi connectivity index (χ0v) is 14.7. The minimum absolute atomic E-state index is 0.230. The fraction of sp³-hybridized carbons (Fsp3) is 0.278. The van der Waals surface area contributed by atoms with Crippen LogP contribution >= 0.6 is 11.6 Å². The summed E-state index contributed by atoms with van der Waals surface area (Å²) in [5.74, 6) is -0.230. The Labute approximate surface area is 151 Å².